The number of nitrogens with one attached hydrogen (secondary N) is 2. The fraction of sp³-hybridized carbons (Fsp3) is 0.478. The van der Waals surface area contributed by atoms with Crippen LogP contribution >= 0.6 is 0 Å². The standard InChI is InChI=1S/C23H27F3N4O/c1-22(2)17-7-5-4-6-14(17)10-19(22)29-16-8-9-18(28-13-16)20(23(24,25)26)30(3)21(31)15-11-27-12-15/h4-9,13,15,19-20,27,29H,10-12H2,1-3H3/t19?,20-/m0/s1. The number of anilines is 1. The molecule has 2 aromatic rings. The fourth-order valence-corrected chi connectivity index (χ4v) is 4.54. The number of amides is 1. The molecule has 2 aliphatic rings. The lowest BCUT2D eigenvalue weighted by molar-refractivity contribution is -0.191. The summed E-state index contributed by atoms with van der Waals surface area (Å²) in [5, 5.41) is 6.36. The average Bonchev–Trinajstić information content (AvgIpc) is 2.91. The number of nitrogens with zero attached hydrogens (tertiary/aromatic N) is 2. The van der Waals surface area contributed by atoms with Gasteiger partial charge in [-0.15, -0.1) is 0 Å². The van der Waals surface area contributed by atoms with Crippen LogP contribution in [0.2, 0.25) is 0 Å². The molecule has 2 N–H and O–H groups in total. The van der Waals surface area contributed by atoms with E-state index in [2.05, 4.69) is 41.6 Å². The molecule has 0 bridgehead atoms. The zero-order valence-electron chi connectivity index (χ0n) is 17.8. The van der Waals surface area contributed by atoms with Crippen LogP contribution in [0.1, 0.15) is 36.7 Å². The van der Waals surface area contributed by atoms with E-state index >= 15 is 0 Å². The number of pyridine rings is 1. The maximum atomic E-state index is 13.8. The van der Waals surface area contributed by atoms with Gasteiger partial charge in [-0.2, -0.15) is 13.2 Å². The van der Waals surface area contributed by atoms with Crippen molar-refractivity contribution in [2.24, 2.45) is 5.92 Å². The minimum Gasteiger partial charge on any atom is -0.380 e. The molecule has 0 saturated carbocycles. The highest BCUT2D eigenvalue weighted by Crippen LogP contribution is 2.40. The van der Waals surface area contributed by atoms with E-state index in [0.717, 1.165) is 11.3 Å². The molecule has 2 atom stereocenters. The van der Waals surface area contributed by atoms with Crippen LogP contribution < -0.4 is 10.6 Å². The topological polar surface area (TPSA) is 57.3 Å². The van der Waals surface area contributed by atoms with Crippen LogP contribution in [-0.2, 0) is 16.6 Å². The average molecular weight is 432 g/mol. The normalized spacial score (nSPS) is 21.2. The SMILES string of the molecule is CN(C(=O)C1CNC1)[C@@H](c1ccc(NC2Cc3ccccc3C2(C)C)cn1)C(F)(F)F. The van der Waals surface area contributed by atoms with E-state index in [-0.39, 0.29) is 17.2 Å². The Morgan fingerprint density at radius 3 is 2.48 bits per heavy atom. The second-order valence-corrected chi connectivity index (χ2v) is 9.00. The Balaban J connectivity index is 1.52. The number of hydrogen-bond acceptors (Lipinski definition) is 4. The van der Waals surface area contributed by atoms with Crippen molar-refractivity contribution in [2.45, 2.75) is 43.9 Å². The number of fused-ring (bicyclic) bond motifs is 1. The maximum absolute atomic E-state index is 13.8. The predicted molar refractivity (Wildman–Crippen MR) is 113 cm³/mol. The summed E-state index contributed by atoms with van der Waals surface area (Å²) in [5.41, 5.74) is 2.91. The van der Waals surface area contributed by atoms with Gasteiger partial charge in [0.15, 0.2) is 6.04 Å². The molecule has 1 aliphatic heterocycles. The Morgan fingerprint density at radius 2 is 1.94 bits per heavy atom. The van der Waals surface area contributed by atoms with E-state index in [4.69, 9.17) is 0 Å². The minimum absolute atomic E-state index is 0.103. The molecular formula is C23H27F3N4O. The van der Waals surface area contributed by atoms with Crippen LogP contribution in [0.25, 0.3) is 0 Å². The molecule has 1 aromatic carbocycles. The summed E-state index contributed by atoms with van der Waals surface area (Å²) in [6.45, 7) is 5.13. The number of benzene rings is 1. The van der Waals surface area contributed by atoms with Crippen molar-refractivity contribution >= 4 is 11.6 Å². The van der Waals surface area contributed by atoms with Gasteiger partial charge in [-0.3, -0.25) is 9.78 Å². The summed E-state index contributed by atoms with van der Waals surface area (Å²) in [7, 11) is 1.20. The molecule has 0 spiro atoms. The largest absolute Gasteiger partial charge is 0.414 e. The molecule has 1 saturated heterocycles. The first-order chi connectivity index (χ1) is 14.6. The van der Waals surface area contributed by atoms with Crippen molar-refractivity contribution in [2.75, 3.05) is 25.5 Å². The lowest BCUT2D eigenvalue weighted by Crippen LogP contribution is -2.53. The molecular weight excluding hydrogens is 405 g/mol. The number of aromatic nitrogens is 1. The molecule has 8 heteroatoms. The van der Waals surface area contributed by atoms with Gasteiger partial charge < -0.3 is 15.5 Å². The molecule has 166 valence electrons. The minimum atomic E-state index is -4.61. The van der Waals surface area contributed by atoms with Gasteiger partial charge in [0.05, 0.1) is 23.5 Å². The summed E-state index contributed by atoms with van der Waals surface area (Å²) in [5.74, 6) is -0.933. The molecule has 1 amide bonds. The van der Waals surface area contributed by atoms with Crippen LogP contribution in [0.5, 0.6) is 0 Å². The van der Waals surface area contributed by atoms with E-state index in [1.807, 2.05) is 12.1 Å². The Kier molecular flexibility index (Phi) is 5.45. The van der Waals surface area contributed by atoms with Crippen LogP contribution in [0, 0.1) is 5.92 Å². The van der Waals surface area contributed by atoms with Crippen molar-refractivity contribution < 1.29 is 18.0 Å². The quantitative estimate of drug-likeness (QED) is 0.757. The summed E-state index contributed by atoms with van der Waals surface area (Å²) in [4.78, 5) is 17.3. The third-order valence-electron chi connectivity index (χ3n) is 6.59. The van der Waals surface area contributed by atoms with Gasteiger partial charge in [0.2, 0.25) is 5.91 Å². The summed E-state index contributed by atoms with van der Waals surface area (Å²) < 4.78 is 41.5. The molecule has 0 radical (unpaired) electrons. The lowest BCUT2D eigenvalue weighted by Gasteiger charge is -2.35. The van der Waals surface area contributed by atoms with Gasteiger partial charge in [0, 0.05) is 31.6 Å². The first-order valence-corrected chi connectivity index (χ1v) is 10.4. The number of halogens is 3. The van der Waals surface area contributed by atoms with E-state index in [0.29, 0.717) is 18.8 Å². The lowest BCUT2D eigenvalue weighted by atomic mass is 9.83. The van der Waals surface area contributed by atoms with Crippen molar-refractivity contribution in [3.63, 3.8) is 0 Å². The Labute approximate surface area is 180 Å². The van der Waals surface area contributed by atoms with Crippen LogP contribution in [-0.4, -0.2) is 48.1 Å². The van der Waals surface area contributed by atoms with Gasteiger partial charge >= 0.3 is 6.18 Å². The van der Waals surface area contributed by atoms with Gasteiger partial charge in [-0.05, 0) is 29.7 Å². The zero-order chi connectivity index (χ0) is 22.4. The Bertz CT molecular complexity index is 954. The number of hydrogen-bond donors (Lipinski definition) is 2. The first-order valence-electron chi connectivity index (χ1n) is 10.4. The molecule has 5 nitrogen and oxygen atoms in total. The van der Waals surface area contributed by atoms with E-state index < -0.39 is 24.0 Å². The second-order valence-electron chi connectivity index (χ2n) is 9.00. The van der Waals surface area contributed by atoms with Gasteiger partial charge in [0.25, 0.3) is 0 Å². The maximum Gasteiger partial charge on any atom is 0.414 e. The van der Waals surface area contributed by atoms with Crippen LogP contribution in [0.4, 0.5) is 18.9 Å². The number of rotatable bonds is 5. The van der Waals surface area contributed by atoms with Crippen molar-refractivity contribution in [1.82, 2.24) is 15.2 Å². The summed E-state index contributed by atoms with van der Waals surface area (Å²) in [6.07, 6.45) is -2.35. The number of alkyl halides is 3. The number of carbonyl (C=O) groups is 1. The van der Waals surface area contributed by atoms with E-state index in [9.17, 15) is 18.0 Å². The Morgan fingerprint density at radius 1 is 1.23 bits per heavy atom. The van der Waals surface area contributed by atoms with Crippen molar-refractivity contribution in [3.05, 3.63) is 59.4 Å². The van der Waals surface area contributed by atoms with Crippen LogP contribution in [0.15, 0.2) is 42.6 Å². The second kappa shape index (κ2) is 7.82. The Hall–Kier alpha value is -2.61. The summed E-state index contributed by atoms with van der Waals surface area (Å²) >= 11 is 0. The smallest absolute Gasteiger partial charge is 0.380 e. The molecule has 31 heavy (non-hydrogen) atoms. The zero-order valence-corrected chi connectivity index (χ0v) is 17.8. The monoisotopic (exact) mass is 432 g/mol. The van der Waals surface area contributed by atoms with Crippen molar-refractivity contribution in [3.8, 4) is 0 Å². The molecule has 4 rings (SSSR count). The highest BCUT2D eigenvalue weighted by molar-refractivity contribution is 5.80. The van der Waals surface area contributed by atoms with Crippen LogP contribution in [0.3, 0.4) is 0 Å². The molecule has 2 heterocycles. The fourth-order valence-electron chi connectivity index (χ4n) is 4.54. The third kappa shape index (κ3) is 4.01. The highest BCUT2D eigenvalue weighted by atomic mass is 19.4. The van der Waals surface area contributed by atoms with E-state index in [1.165, 1.54) is 30.4 Å². The van der Waals surface area contributed by atoms with Gasteiger partial charge in [-0.25, -0.2) is 0 Å². The first kappa shape index (κ1) is 21.6. The molecule has 1 unspecified atom stereocenters. The van der Waals surface area contributed by atoms with Crippen molar-refractivity contribution in [1.29, 1.82) is 0 Å². The molecule has 1 aromatic heterocycles. The van der Waals surface area contributed by atoms with Gasteiger partial charge in [-0.1, -0.05) is 38.1 Å². The highest BCUT2D eigenvalue weighted by Gasteiger charge is 2.47. The van der Waals surface area contributed by atoms with Gasteiger partial charge in [0.1, 0.15) is 0 Å². The third-order valence-corrected chi connectivity index (χ3v) is 6.59. The molecule has 1 fully saturated rings. The molecule has 1 aliphatic carbocycles. The number of carbonyl (C=O) groups excluding carboxylic acids is 1. The predicted octanol–water partition coefficient (Wildman–Crippen LogP) is 3.68. The van der Waals surface area contributed by atoms with E-state index in [1.54, 1.807) is 6.07 Å². The summed E-state index contributed by atoms with van der Waals surface area (Å²) in [6, 6.07) is 9.28.